The largest absolute Gasteiger partial charge is 0.465 e. The molecule has 0 bridgehead atoms. The van der Waals surface area contributed by atoms with Crippen molar-refractivity contribution in [2.75, 3.05) is 7.11 Å². The first-order valence-corrected chi connectivity index (χ1v) is 19.3. The third-order valence-electron chi connectivity index (χ3n) is 16.3. The highest BCUT2D eigenvalue weighted by atomic mass is 16.6. The van der Waals surface area contributed by atoms with Crippen LogP contribution in [0, 0.1) is 57.2 Å². The summed E-state index contributed by atoms with van der Waals surface area (Å²) < 4.78 is 10.7. The van der Waals surface area contributed by atoms with Gasteiger partial charge in [-0.2, -0.15) is 0 Å². The number of carbonyl (C=O) groups excluding carboxylic acids is 2. The number of aromatic nitrogens is 1. The number of rotatable bonds is 5. The summed E-state index contributed by atoms with van der Waals surface area (Å²) in [6, 6.07) is 13.7. The van der Waals surface area contributed by atoms with E-state index in [0.29, 0.717) is 58.3 Å². The first-order valence-electron chi connectivity index (χ1n) is 19.3. The number of esters is 1. The molecule has 5 aliphatic carbocycles. The van der Waals surface area contributed by atoms with E-state index in [1.807, 2.05) is 24.3 Å². The van der Waals surface area contributed by atoms with Gasteiger partial charge in [0, 0.05) is 17.8 Å². The quantitative estimate of drug-likeness (QED) is 0.321. The number of hydrogen-bond donors (Lipinski definition) is 1. The standard InChI is InChI=1S/C43H60N2O4/c1-27(2)30-18-23-43(45-38(47)49-35-11-9-10-26-44-35)25-24-41(6)32(36(30)43)16-17-34-40(5)21-19-31(28-12-14-29(15-13-28)37(46)48-8)39(3,4)33(40)20-22-42(34,41)7/h9-15,26-27,30-34,36H,16-25H2,1-8H3,(H,45,47)/t30-,31?,32+,33-,34+,36+,40-,41+,42+,43-/m0/s1. The zero-order valence-electron chi connectivity index (χ0n) is 31.3. The summed E-state index contributed by atoms with van der Waals surface area (Å²) >= 11 is 0. The van der Waals surface area contributed by atoms with E-state index in [2.05, 4.69) is 70.9 Å². The third-order valence-corrected chi connectivity index (χ3v) is 16.3. The van der Waals surface area contributed by atoms with E-state index in [1.54, 1.807) is 12.3 Å². The molecule has 1 aromatic heterocycles. The first-order chi connectivity index (χ1) is 23.2. The van der Waals surface area contributed by atoms with Gasteiger partial charge in [0.1, 0.15) is 0 Å². The summed E-state index contributed by atoms with van der Waals surface area (Å²) in [5.74, 6) is 4.15. The van der Waals surface area contributed by atoms with Gasteiger partial charge in [-0.25, -0.2) is 14.6 Å². The van der Waals surface area contributed by atoms with Crippen molar-refractivity contribution >= 4 is 12.1 Å². The van der Waals surface area contributed by atoms with Gasteiger partial charge in [-0.05, 0) is 151 Å². The summed E-state index contributed by atoms with van der Waals surface area (Å²) in [5.41, 5.74) is 2.72. The Balaban J connectivity index is 1.16. The van der Waals surface area contributed by atoms with Crippen LogP contribution in [0.15, 0.2) is 48.7 Å². The molecule has 6 nitrogen and oxygen atoms in total. The second-order valence-electron chi connectivity index (χ2n) is 18.5. The average molecular weight is 669 g/mol. The summed E-state index contributed by atoms with van der Waals surface area (Å²) in [6.07, 6.45) is 13.3. The molecular weight excluding hydrogens is 608 g/mol. The fourth-order valence-corrected chi connectivity index (χ4v) is 13.9. The molecule has 5 saturated carbocycles. The van der Waals surface area contributed by atoms with Crippen LogP contribution in [0.1, 0.15) is 135 Å². The monoisotopic (exact) mass is 668 g/mol. The molecule has 2 aromatic rings. The topological polar surface area (TPSA) is 77.5 Å². The van der Waals surface area contributed by atoms with Crippen LogP contribution in [0.4, 0.5) is 4.79 Å². The van der Waals surface area contributed by atoms with Gasteiger partial charge in [-0.3, -0.25) is 0 Å². The lowest BCUT2D eigenvalue weighted by Crippen LogP contribution is -2.69. The summed E-state index contributed by atoms with van der Waals surface area (Å²) in [5, 5.41) is 3.53. The van der Waals surface area contributed by atoms with E-state index in [1.165, 1.54) is 57.6 Å². The summed E-state index contributed by atoms with van der Waals surface area (Å²) in [4.78, 5) is 29.9. The van der Waals surface area contributed by atoms with E-state index < -0.39 is 0 Å². The Morgan fingerprint density at radius 2 is 1.57 bits per heavy atom. The predicted octanol–water partition coefficient (Wildman–Crippen LogP) is 10.2. The van der Waals surface area contributed by atoms with Crippen molar-refractivity contribution in [3.8, 4) is 5.88 Å². The molecule has 1 heterocycles. The normalized spacial score (nSPS) is 40.7. The van der Waals surface area contributed by atoms with E-state index in [0.717, 1.165) is 19.3 Å². The average Bonchev–Trinajstić information content (AvgIpc) is 3.44. The Hall–Kier alpha value is -2.89. The van der Waals surface area contributed by atoms with Gasteiger partial charge in [-0.15, -0.1) is 0 Å². The lowest BCUT2D eigenvalue weighted by atomic mass is 9.32. The Morgan fingerprint density at radius 3 is 2.24 bits per heavy atom. The number of amides is 1. The van der Waals surface area contributed by atoms with Gasteiger partial charge >= 0.3 is 12.1 Å². The first kappa shape index (κ1) is 34.6. The zero-order chi connectivity index (χ0) is 35.0. The number of nitrogens with zero attached hydrogens (tertiary/aromatic N) is 1. The number of methoxy groups -OCH3 is 1. The molecule has 1 N–H and O–H groups in total. The molecule has 0 saturated heterocycles. The van der Waals surface area contributed by atoms with E-state index in [-0.39, 0.29) is 33.8 Å². The Kier molecular flexibility index (Phi) is 8.54. The van der Waals surface area contributed by atoms with Crippen LogP contribution >= 0.6 is 0 Å². The molecule has 6 heteroatoms. The highest BCUT2D eigenvalue weighted by Crippen LogP contribution is 2.77. The predicted molar refractivity (Wildman–Crippen MR) is 193 cm³/mol. The zero-order valence-corrected chi connectivity index (χ0v) is 31.3. The van der Waals surface area contributed by atoms with Crippen molar-refractivity contribution in [3.63, 3.8) is 0 Å². The van der Waals surface area contributed by atoms with Gasteiger partial charge in [0.05, 0.1) is 12.7 Å². The SMILES string of the molecule is COC(=O)c1ccc(C2CC[C@]3(C)[C@H]4CC[C@@H]5[C@H]6[C@H](C(C)C)CC[C@]6(NC(=O)Oc6ccccn6)CC[C@@]5(C)[C@]4(C)CC[C@H]3C2(C)C)cc1. The molecule has 5 fully saturated rings. The molecule has 10 atom stereocenters. The van der Waals surface area contributed by atoms with Crippen LogP contribution in [0.25, 0.3) is 0 Å². The molecule has 5 aliphatic rings. The Bertz CT molecular complexity index is 1560. The van der Waals surface area contributed by atoms with Crippen molar-refractivity contribution < 1.29 is 19.1 Å². The highest BCUT2D eigenvalue weighted by molar-refractivity contribution is 5.89. The van der Waals surface area contributed by atoms with Gasteiger partial charge in [0.15, 0.2) is 0 Å². The second-order valence-corrected chi connectivity index (χ2v) is 18.5. The van der Waals surface area contributed by atoms with Crippen LogP contribution in [-0.2, 0) is 4.74 Å². The van der Waals surface area contributed by atoms with Crippen molar-refractivity contribution in [1.29, 1.82) is 0 Å². The lowest BCUT2D eigenvalue weighted by Gasteiger charge is -2.73. The fraction of sp³-hybridized carbons (Fsp3) is 0.698. The molecule has 1 aromatic carbocycles. The van der Waals surface area contributed by atoms with Crippen LogP contribution in [0.2, 0.25) is 0 Å². The number of nitrogens with one attached hydrogen (secondary N) is 1. The number of fused-ring (bicyclic) bond motifs is 7. The van der Waals surface area contributed by atoms with Crippen LogP contribution in [0.3, 0.4) is 0 Å². The van der Waals surface area contributed by atoms with Gasteiger partial charge in [0.2, 0.25) is 5.88 Å². The molecule has 1 unspecified atom stereocenters. The minimum Gasteiger partial charge on any atom is -0.465 e. The molecule has 0 spiro atoms. The lowest BCUT2D eigenvalue weighted by molar-refractivity contribution is -0.234. The minimum atomic E-state index is -0.344. The van der Waals surface area contributed by atoms with Crippen molar-refractivity contribution in [1.82, 2.24) is 10.3 Å². The van der Waals surface area contributed by atoms with Crippen LogP contribution in [-0.4, -0.2) is 29.7 Å². The Morgan fingerprint density at radius 1 is 0.816 bits per heavy atom. The second kappa shape index (κ2) is 12.1. The maximum absolute atomic E-state index is 13.5. The van der Waals surface area contributed by atoms with Crippen LogP contribution in [0.5, 0.6) is 5.88 Å². The van der Waals surface area contributed by atoms with E-state index in [9.17, 15) is 9.59 Å². The number of carbonyl (C=O) groups is 2. The number of pyridine rings is 1. The maximum Gasteiger partial charge on any atom is 0.414 e. The molecule has 266 valence electrons. The molecule has 7 rings (SSSR count). The molecule has 0 aliphatic heterocycles. The number of benzene rings is 1. The van der Waals surface area contributed by atoms with Gasteiger partial charge in [0.25, 0.3) is 0 Å². The van der Waals surface area contributed by atoms with Crippen molar-refractivity contribution in [2.45, 2.75) is 124 Å². The third kappa shape index (κ3) is 5.19. The molecule has 49 heavy (non-hydrogen) atoms. The highest BCUT2D eigenvalue weighted by Gasteiger charge is 2.71. The van der Waals surface area contributed by atoms with Crippen molar-refractivity contribution in [3.05, 3.63) is 59.8 Å². The van der Waals surface area contributed by atoms with E-state index >= 15 is 0 Å². The maximum atomic E-state index is 13.5. The van der Waals surface area contributed by atoms with E-state index in [4.69, 9.17) is 9.47 Å². The summed E-state index contributed by atoms with van der Waals surface area (Å²) in [6.45, 7) is 17.9. The molecular formula is C43H60N2O4. The van der Waals surface area contributed by atoms with Crippen LogP contribution < -0.4 is 10.1 Å². The summed E-state index contributed by atoms with van der Waals surface area (Å²) in [7, 11) is 1.45. The van der Waals surface area contributed by atoms with Gasteiger partial charge in [-0.1, -0.05) is 66.7 Å². The minimum absolute atomic E-state index is 0.159. The van der Waals surface area contributed by atoms with Gasteiger partial charge < -0.3 is 14.8 Å². The fourth-order valence-electron chi connectivity index (χ4n) is 13.9. The van der Waals surface area contributed by atoms with Crippen molar-refractivity contribution in [2.24, 2.45) is 57.2 Å². The number of hydrogen-bond acceptors (Lipinski definition) is 5. The molecule has 1 amide bonds. The number of ether oxygens (including phenoxy) is 2. The Labute approximate surface area is 294 Å². The smallest absolute Gasteiger partial charge is 0.414 e. The molecule has 0 radical (unpaired) electrons.